The Morgan fingerprint density at radius 3 is 2.59 bits per heavy atom. The first kappa shape index (κ1) is 19.6. The van der Waals surface area contributed by atoms with Gasteiger partial charge in [0.1, 0.15) is 5.71 Å². The molecule has 3 aliphatic rings. The summed E-state index contributed by atoms with van der Waals surface area (Å²) in [6.07, 6.45) is 2.58. The zero-order chi connectivity index (χ0) is 20.6. The number of rotatable bonds is 5. The van der Waals surface area contributed by atoms with Gasteiger partial charge in [0.05, 0.1) is 17.5 Å². The Balaban J connectivity index is 1.45. The summed E-state index contributed by atoms with van der Waals surface area (Å²) < 4.78 is 23.4. The van der Waals surface area contributed by atoms with E-state index in [-0.39, 0.29) is 47.9 Å². The van der Waals surface area contributed by atoms with Crippen molar-refractivity contribution < 1.29 is 22.8 Å². The number of hydrogen-bond donors (Lipinski definition) is 2. The van der Waals surface area contributed by atoms with E-state index in [1.165, 1.54) is 0 Å². The Bertz CT molecular complexity index is 1000. The second-order valence-electron chi connectivity index (χ2n) is 7.62. The van der Waals surface area contributed by atoms with Gasteiger partial charge in [0.25, 0.3) is 11.8 Å². The van der Waals surface area contributed by atoms with E-state index in [1.807, 2.05) is 0 Å². The van der Waals surface area contributed by atoms with Crippen molar-refractivity contribution in [3.63, 3.8) is 0 Å². The van der Waals surface area contributed by atoms with Gasteiger partial charge in [0.15, 0.2) is 9.84 Å². The maximum absolute atomic E-state index is 12.6. The first-order valence-corrected chi connectivity index (χ1v) is 11.4. The standard InChI is InChI=1S/C19H22N4O5S/c24-17-7-6-16(22-23(17)15-8-9-29(27,28)11-15)19(26)21-14-3-1-2-12(10-14)18(25)20-13-4-5-13/h1-3,10,13,15H,4-9,11H2,(H,20,25)(H,21,26)/t15-/m1/s1. The number of benzene rings is 1. The van der Waals surface area contributed by atoms with Crippen LogP contribution in [-0.4, -0.2) is 60.4 Å². The van der Waals surface area contributed by atoms with Gasteiger partial charge in [0.2, 0.25) is 5.91 Å². The molecule has 1 saturated carbocycles. The van der Waals surface area contributed by atoms with E-state index >= 15 is 0 Å². The summed E-state index contributed by atoms with van der Waals surface area (Å²) in [7, 11) is -3.17. The first-order valence-electron chi connectivity index (χ1n) is 9.63. The van der Waals surface area contributed by atoms with Gasteiger partial charge in [-0.2, -0.15) is 5.10 Å². The third-order valence-electron chi connectivity index (χ3n) is 5.17. The molecule has 2 fully saturated rings. The third-order valence-corrected chi connectivity index (χ3v) is 6.92. The molecular weight excluding hydrogens is 396 g/mol. The van der Waals surface area contributed by atoms with E-state index in [4.69, 9.17) is 0 Å². The van der Waals surface area contributed by atoms with Gasteiger partial charge in [0, 0.05) is 30.1 Å². The molecule has 1 saturated heterocycles. The van der Waals surface area contributed by atoms with E-state index in [0.29, 0.717) is 17.7 Å². The SMILES string of the molecule is O=C(Nc1cccc(C(=O)NC2CC2)c1)C1=NN([C@@H]2CCS(=O)(=O)C2)C(=O)CC1. The van der Waals surface area contributed by atoms with Crippen LogP contribution in [0.4, 0.5) is 5.69 Å². The van der Waals surface area contributed by atoms with Crippen molar-refractivity contribution in [1.29, 1.82) is 0 Å². The van der Waals surface area contributed by atoms with Crippen molar-refractivity contribution in [3.8, 4) is 0 Å². The highest BCUT2D eigenvalue weighted by Crippen LogP contribution is 2.23. The number of nitrogens with zero attached hydrogens (tertiary/aromatic N) is 2. The van der Waals surface area contributed by atoms with Crippen LogP contribution in [0.25, 0.3) is 0 Å². The van der Waals surface area contributed by atoms with Crippen molar-refractivity contribution in [2.45, 2.75) is 44.2 Å². The van der Waals surface area contributed by atoms with Crippen molar-refractivity contribution >= 4 is 39.0 Å². The molecule has 4 rings (SSSR count). The average Bonchev–Trinajstić information content (AvgIpc) is 3.42. The van der Waals surface area contributed by atoms with Gasteiger partial charge in [-0.05, 0) is 37.5 Å². The molecule has 3 amide bonds. The van der Waals surface area contributed by atoms with Gasteiger partial charge in [-0.3, -0.25) is 14.4 Å². The lowest BCUT2D eigenvalue weighted by Crippen LogP contribution is -2.42. The maximum Gasteiger partial charge on any atom is 0.271 e. The van der Waals surface area contributed by atoms with Crippen LogP contribution >= 0.6 is 0 Å². The lowest BCUT2D eigenvalue weighted by atomic mass is 10.1. The fourth-order valence-electron chi connectivity index (χ4n) is 3.43. The number of sulfone groups is 1. The molecule has 1 aromatic carbocycles. The second-order valence-corrected chi connectivity index (χ2v) is 9.85. The number of nitrogens with one attached hydrogen (secondary N) is 2. The highest BCUT2D eigenvalue weighted by atomic mass is 32.2. The van der Waals surface area contributed by atoms with E-state index < -0.39 is 21.8 Å². The highest BCUT2D eigenvalue weighted by Gasteiger charge is 2.37. The van der Waals surface area contributed by atoms with Crippen LogP contribution in [-0.2, 0) is 19.4 Å². The Morgan fingerprint density at radius 1 is 1.10 bits per heavy atom. The zero-order valence-corrected chi connectivity index (χ0v) is 16.6. The Morgan fingerprint density at radius 2 is 1.90 bits per heavy atom. The average molecular weight is 418 g/mol. The summed E-state index contributed by atoms with van der Waals surface area (Å²) in [5.41, 5.74) is 1.07. The number of carbonyl (C=O) groups is 3. The van der Waals surface area contributed by atoms with Crippen LogP contribution < -0.4 is 10.6 Å². The lowest BCUT2D eigenvalue weighted by Gasteiger charge is -2.27. The fraction of sp³-hybridized carbons (Fsp3) is 0.474. The van der Waals surface area contributed by atoms with Crippen LogP contribution in [0, 0.1) is 0 Å². The van der Waals surface area contributed by atoms with Crippen molar-refractivity contribution in [2.75, 3.05) is 16.8 Å². The molecule has 2 heterocycles. The molecule has 154 valence electrons. The Hall–Kier alpha value is -2.75. The molecule has 0 spiro atoms. The first-order chi connectivity index (χ1) is 13.8. The van der Waals surface area contributed by atoms with E-state index in [0.717, 1.165) is 17.9 Å². The summed E-state index contributed by atoms with van der Waals surface area (Å²) in [6, 6.07) is 6.32. The van der Waals surface area contributed by atoms with E-state index in [1.54, 1.807) is 24.3 Å². The van der Waals surface area contributed by atoms with Gasteiger partial charge in [-0.1, -0.05) is 6.07 Å². The number of anilines is 1. The molecule has 10 heteroatoms. The van der Waals surface area contributed by atoms with Crippen LogP contribution in [0.1, 0.15) is 42.5 Å². The molecule has 0 unspecified atom stereocenters. The Kier molecular flexibility index (Phi) is 5.12. The monoisotopic (exact) mass is 418 g/mol. The molecule has 2 aliphatic heterocycles. The van der Waals surface area contributed by atoms with Crippen molar-refractivity contribution in [3.05, 3.63) is 29.8 Å². The van der Waals surface area contributed by atoms with Gasteiger partial charge >= 0.3 is 0 Å². The van der Waals surface area contributed by atoms with Gasteiger partial charge in [-0.25, -0.2) is 13.4 Å². The normalized spacial score (nSPS) is 23.4. The summed E-state index contributed by atoms with van der Waals surface area (Å²) in [5, 5.41) is 10.9. The van der Waals surface area contributed by atoms with Gasteiger partial charge < -0.3 is 10.6 Å². The molecule has 0 aromatic heterocycles. The molecule has 1 aliphatic carbocycles. The van der Waals surface area contributed by atoms with Crippen LogP contribution in [0.5, 0.6) is 0 Å². The van der Waals surface area contributed by atoms with Crippen LogP contribution in [0.2, 0.25) is 0 Å². The molecule has 2 N–H and O–H groups in total. The molecule has 1 atom stereocenters. The van der Waals surface area contributed by atoms with E-state index in [2.05, 4.69) is 15.7 Å². The fourth-order valence-corrected chi connectivity index (χ4v) is 5.12. The Labute approximate surface area is 168 Å². The lowest BCUT2D eigenvalue weighted by molar-refractivity contribution is -0.133. The summed E-state index contributed by atoms with van der Waals surface area (Å²) in [4.78, 5) is 37.0. The van der Waals surface area contributed by atoms with Crippen LogP contribution in [0.3, 0.4) is 0 Å². The quantitative estimate of drug-likeness (QED) is 0.728. The smallest absolute Gasteiger partial charge is 0.271 e. The molecular formula is C19H22N4O5S. The summed E-state index contributed by atoms with van der Waals surface area (Å²) in [5.74, 6) is -1.04. The number of hydrazone groups is 1. The molecule has 29 heavy (non-hydrogen) atoms. The molecule has 9 nitrogen and oxygen atoms in total. The number of carbonyl (C=O) groups excluding carboxylic acids is 3. The number of amides is 3. The van der Waals surface area contributed by atoms with Crippen LogP contribution in [0.15, 0.2) is 29.4 Å². The molecule has 0 radical (unpaired) electrons. The van der Waals surface area contributed by atoms with E-state index in [9.17, 15) is 22.8 Å². The molecule has 0 bridgehead atoms. The van der Waals surface area contributed by atoms with Gasteiger partial charge in [-0.15, -0.1) is 0 Å². The minimum atomic E-state index is -3.17. The molecule has 1 aromatic rings. The summed E-state index contributed by atoms with van der Waals surface area (Å²) >= 11 is 0. The largest absolute Gasteiger partial charge is 0.349 e. The van der Waals surface area contributed by atoms with Crippen molar-refractivity contribution in [1.82, 2.24) is 10.3 Å². The zero-order valence-electron chi connectivity index (χ0n) is 15.8. The third kappa shape index (κ3) is 4.64. The number of hydrogen-bond acceptors (Lipinski definition) is 6. The predicted molar refractivity (Wildman–Crippen MR) is 106 cm³/mol. The maximum atomic E-state index is 12.6. The topological polar surface area (TPSA) is 125 Å². The minimum absolute atomic E-state index is 0.0220. The predicted octanol–water partition coefficient (Wildman–Crippen LogP) is 0.683. The highest BCUT2D eigenvalue weighted by molar-refractivity contribution is 7.91. The second kappa shape index (κ2) is 7.58. The minimum Gasteiger partial charge on any atom is -0.349 e. The van der Waals surface area contributed by atoms with Crippen molar-refractivity contribution in [2.24, 2.45) is 5.10 Å². The summed E-state index contributed by atoms with van der Waals surface area (Å²) in [6.45, 7) is 0.